The topological polar surface area (TPSA) is 54.5 Å². The first-order valence-corrected chi connectivity index (χ1v) is 5.91. The number of hydrogen-bond donors (Lipinski definition) is 0. The summed E-state index contributed by atoms with van der Waals surface area (Å²) in [5, 5.41) is 0. The van der Waals surface area contributed by atoms with Crippen LogP contribution in [0.2, 0.25) is 0 Å². The number of rotatable bonds is 3. The first kappa shape index (κ1) is 11.3. The average molecular weight is 222 g/mol. The molecule has 0 aromatic heterocycles. The summed E-state index contributed by atoms with van der Waals surface area (Å²) in [6.45, 7) is 0.559. The fraction of sp³-hybridized carbons (Fsp3) is 0.750. The zero-order valence-corrected chi connectivity index (χ0v) is 9.28. The predicted octanol–water partition coefficient (Wildman–Crippen LogP) is 1.05. The van der Waals surface area contributed by atoms with Gasteiger partial charge < -0.3 is 0 Å². The van der Waals surface area contributed by atoms with Crippen molar-refractivity contribution in [3.8, 4) is 0 Å². The van der Waals surface area contributed by atoms with E-state index in [2.05, 4.69) is 0 Å². The summed E-state index contributed by atoms with van der Waals surface area (Å²) >= 11 is 0. The van der Waals surface area contributed by atoms with Crippen molar-refractivity contribution >= 4 is 18.1 Å². The first-order chi connectivity index (χ1) is 7.70. The highest BCUT2D eigenvalue weighted by molar-refractivity contribution is 6.01. The molecule has 1 saturated heterocycles. The highest BCUT2D eigenvalue weighted by Crippen LogP contribution is 2.29. The van der Waals surface area contributed by atoms with Crippen LogP contribution in [0.25, 0.3) is 0 Å². The molecule has 0 spiro atoms. The molecule has 0 atom stereocenters. The van der Waals surface area contributed by atoms with Crippen LogP contribution < -0.4 is 0 Å². The van der Waals surface area contributed by atoms with Crippen LogP contribution in [0.4, 0.5) is 0 Å². The third kappa shape index (κ3) is 2.31. The average Bonchev–Trinajstić information content (AvgIpc) is 2.62. The largest absolute Gasteiger partial charge is 0.291 e. The second-order valence-electron chi connectivity index (χ2n) is 4.73. The number of nitrogens with zero attached hydrogens (tertiary/aromatic N) is 1. The lowest BCUT2D eigenvalue weighted by Crippen LogP contribution is -2.35. The van der Waals surface area contributed by atoms with Crippen molar-refractivity contribution in [1.82, 2.24) is 4.90 Å². The number of imide groups is 1. The standard InChI is InChI=1S/C12H16NO3/c14-8-10-3-1-9(2-4-10)7-13-11(15)5-6-12(13)16/h9-10H,1-7H2. The van der Waals surface area contributed by atoms with Crippen LogP contribution in [-0.2, 0) is 14.4 Å². The molecule has 2 amide bonds. The van der Waals surface area contributed by atoms with Crippen LogP contribution in [0, 0.1) is 11.8 Å². The number of amides is 2. The molecule has 16 heavy (non-hydrogen) atoms. The van der Waals surface area contributed by atoms with Gasteiger partial charge in [0.15, 0.2) is 0 Å². The molecule has 1 aliphatic carbocycles. The van der Waals surface area contributed by atoms with Crippen molar-refractivity contribution in [2.24, 2.45) is 11.8 Å². The van der Waals surface area contributed by atoms with E-state index in [1.165, 1.54) is 4.90 Å². The summed E-state index contributed by atoms with van der Waals surface area (Å²) in [5.74, 6) is 0.389. The Kier molecular flexibility index (Phi) is 3.36. The van der Waals surface area contributed by atoms with Gasteiger partial charge in [-0.15, -0.1) is 0 Å². The molecule has 1 aliphatic heterocycles. The maximum Gasteiger partial charge on any atom is 0.229 e. The van der Waals surface area contributed by atoms with Crippen LogP contribution in [0.15, 0.2) is 0 Å². The van der Waals surface area contributed by atoms with Gasteiger partial charge in [-0.3, -0.25) is 19.3 Å². The molecule has 4 heteroatoms. The van der Waals surface area contributed by atoms with Gasteiger partial charge in [0.25, 0.3) is 0 Å². The van der Waals surface area contributed by atoms with Gasteiger partial charge >= 0.3 is 0 Å². The Morgan fingerprint density at radius 1 is 1.06 bits per heavy atom. The van der Waals surface area contributed by atoms with Crippen molar-refractivity contribution in [2.75, 3.05) is 6.54 Å². The van der Waals surface area contributed by atoms with Crippen molar-refractivity contribution in [3.63, 3.8) is 0 Å². The van der Waals surface area contributed by atoms with E-state index in [0.717, 1.165) is 25.7 Å². The van der Waals surface area contributed by atoms with Gasteiger partial charge in [0.05, 0.1) is 0 Å². The van der Waals surface area contributed by atoms with Crippen molar-refractivity contribution in [2.45, 2.75) is 38.5 Å². The Labute approximate surface area is 95.0 Å². The Bertz CT molecular complexity index is 289. The lowest BCUT2D eigenvalue weighted by atomic mass is 9.82. The van der Waals surface area contributed by atoms with E-state index in [1.807, 2.05) is 6.29 Å². The second-order valence-corrected chi connectivity index (χ2v) is 4.73. The van der Waals surface area contributed by atoms with Crippen molar-refractivity contribution < 1.29 is 14.4 Å². The molecule has 2 aliphatic rings. The lowest BCUT2D eigenvalue weighted by molar-refractivity contribution is -0.139. The smallest absolute Gasteiger partial charge is 0.229 e. The minimum absolute atomic E-state index is 0.0333. The van der Waals surface area contributed by atoms with E-state index in [1.54, 1.807) is 0 Å². The minimum Gasteiger partial charge on any atom is -0.291 e. The maximum atomic E-state index is 11.4. The summed E-state index contributed by atoms with van der Waals surface area (Å²) in [6, 6.07) is 0. The Morgan fingerprint density at radius 3 is 2.12 bits per heavy atom. The summed E-state index contributed by atoms with van der Waals surface area (Å²) in [4.78, 5) is 34.7. The summed E-state index contributed by atoms with van der Waals surface area (Å²) in [5.41, 5.74) is 0. The first-order valence-electron chi connectivity index (χ1n) is 5.91. The Hall–Kier alpha value is -1.19. The molecular weight excluding hydrogens is 206 g/mol. The lowest BCUT2D eigenvalue weighted by Gasteiger charge is -2.27. The molecule has 0 aromatic rings. The van der Waals surface area contributed by atoms with E-state index in [0.29, 0.717) is 25.3 Å². The molecule has 0 unspecified atom stereocenters. The van der Waals surface area contributed by atoms with E-state index in [9.17, 15) is 14.4 Å². The molecular formula is C12H16NO3. The van der Waals surface area contributed by atoms with E-state index in [4.69, 9.17) is 0 Å². The third-order valence-electron chi connectivity index (χ3n) is 3.61. The monoisotopic (exact) mass is 222 g/mol. The molecule has 87 valence electrons. The molecule has 1 saturated carbocycles. The summed E-state index contributed by atoms with van der Waals surface area (Å²) in [7, 11) is 0. The fourth-order valence-corrected chi connectivity index (χ4v) is 2.55. The fourth-order valence-electron chi connectivity index (χ4n) is 2.55. The molecule has 4 nitrogen and oxygen atoms in total. The zero-order valence-electron chi connectivity index (χ0n) is 9.28. The quantitative estimate of drug-likeness (QED) is 0.671. The van der Waals surface area contributed by atoms with E-state index in [-0.39, 0.29) is 17.7 Å². The van der Waals surface area contributed by atoms with Gasteiger partial charge in [0, 0.05) is 25.3 Å². The normalized spacial score (nSPS) is 30.9. The molecule has 2 fully saturated rings. The number of likely N-dealkylation sites (tertiary alicyclic amines) is 1. The Morgan fingerprint density at radius 2 is 1.62 bits per heavy atom. The third-order valence-corrected chi connectivity index (χ3v) is 3.61. The van der Waals surface area contributed by atoms with Crippen molar-refractivity contribution in [3.05, 3.63) is 0 Å². The van der Waals surface area contributed by atoms with Crippen LogP contribution in [0.5, 0.6) is 0 Å². The number of carbonyl (C=O) groups is 2. The van der Waals surface area contributed by atoms with Gasteiger partial charge in [0.1, 0.15) is 0 Å². The molecule has 1 radical (unpaired) electrons. The van der Waals surface area contributed by atoms with Gasteiger partial charge in [-0.1, -0.05) is 0 Å². The summed E-state index contributed by atoms with van der Waals surface area (Å²) < 4.78 is 0. The molecule has 2 rings (SSSR count). The minimum atomic E-state index is -0.0333. The van der Waals surface area contributed by atoms with E-state index >= 15 is 0 Å². The van der Waals surface area contributed by atoms with Crippen LogP contribution in [0.1, 0.15) is 38.5 Å². The van der Waals surface area contributed by atoms with Gasteiger partial charge in [0.2, 0.25) is 18.1 Å². The van der Waals surface area contributed by atoms with Crippen molar-refractivity contribution in [1.29, 1.82) is 0 Å². The van der Waals surface area contributed by atoms with Crippen LogP contribution in [0.3, 0.4) is 0 Å². The summed E-state index contributed by atoms with van der Waals surface area (Å²) in [6.07, 6.45) is 6.34. The van der Waals surface area contributed by atoms with Gasteiger partial charge in [-0.25, -0.2) is 0 Å². The molecule has 0 N–H and O–H groups in total. The molecule has 1 heterocycles. The Balaban J connectivity index is 1.84. The van der Waals surface area contributed by atoms with Crippen LogP contribution >= 0.6 is 0 Å². The SMILES string of the molecule is O=[C]C1CCC(CN2C(=O)CCC2=O)CC1. The van der Waals surface area contributed by atoms with Gasteiger partial charge in [-0.05, 0) is 31.6 Å². The molecule has 0 bridgehead atoms. The van der Waals surface area contributed by atoms with Crippen LogP contribution in [-0.4, -0.2) is 29.5 Å². The highest BCUT2D eigenvalue weighted by atomic mass is 16.2. The van der Waals surface area contributed by atoms with Gasteiger partial charge in [-0.2, -0.15) is 0 Å². The molecule has 0 aromatic carbocycles. The predicted molar refractivity (Wildman–Crippen MR) is 57.1 cm³/mol. The number of hydrogen-bond acceptors (Lipinski definition) is 3. The highest BCUT2D eigenvalue weighted by Gasteiger charge is 2.32. The second kappa shape index (κ2) is 4.76. The number of carbonyl (C=O) groups excluding carboxylic acids is 3. The maximum absolute atomic E-state index is 11.4. The zero-order chi connectivity index (χ0) is 11.5. The van der Waals surface area contributed by atoms with E-state index < -0.39 is 0 Å².